The molecule has 0 aromatic heterocycles. The molecule has 0 radical (unpaired) electrons. The number of rotatable bonds is 3. The van der Waals surface area contributed by atoms with Gasteiger partial charge in [0.15, 0.2) is 0 Å². The summed E-state index contributed by atoms with van der Waals surface area (Å²) in [5, 5.41) is 8.19. The van der Waals surface area contributed by atoms with E-state index in [1.165, 1.54) is 108 Å². The molecule has 1 fully saturated rings. The van der Waals surface area contributed by atoms with Gasteiger partial charge >= 0.3 is 0 Å². The topological polar surface area (TPSA) is 9.72 Å². The van der Waals surface area contributed by atoms with Crippen LogP contribution >= 0.6 is 0 Å². The Kier molecular flexibility index (Phi) is 6.65. The van der Waals surface area contributed by atoms with Crippen LogP contribution in [0.2, 0.25) is 13.1 Å². The van der Waals surface area contributed by atoms with E-state index in [2.05, 4.69) is 199 Å². The predicted octanol–water partition coefficient (Wildman–Crippen LogP) is 11.0. The van der Waals surface area contributed by atoms with Crippen LogP contribution in [-0.2, 0) is 5.41 Å². The van der Waals surface area contributed by atoms with Gasteiger partial charge in [0.05, 0.1) is 5.54 Å². The van der Waals surface area contributed by atoms with E-state index in [0.29, 0.717) is 0 Å². The van der Waals surface area contributed by atoms with Crippen molar-refractivity contribution in [1.82, 2.24) is 0 Å². The molecular weight excluding hydrogens is 730 g/mol. The summed E-state index contributed by atoms with van der Waals surface area (Å²) < 4.78 is 0. The first kappa shape index (κ1) is 33.9. The lowest BCUT2D eigenvalue weighted by atomic mass is 9.33. The zero-order chi connectivity index (χ0) is 39.4. The van der Waals surface area contributed by atoms with Gasteiger partial charge in [0.2, 0.25) is 0 Å². The summed E-state index contributed by atoms with van der Waals surface area (Å²) >= 11 is 0. The van der Waals surface area contributed by atoms with E-state index in [9.17, 15) is 0 Å². The lowest BCUT2D eigenvalue weighted by molar-refractivity contribution is 0.195. The Morgan fingerprint density at radius 2 is 0.966 bits per heavy atom. The second-order valence-corrected chi connectivity index (χ2v) is 23.2. The molecule has 2 atom stereocenters. The van der Waals surface area contributed by atoms with E-state index in [0.717, 1.165) is 6.42 Å². The van der Waals surface area contributed by atoms with Crippen molar-refractivity contribution >= 4 is 109 Å². The van der Waals surface area contributed by atoms with Gasteiger partial charge in [-0.15, -0.1) is 0 Å². The minimum absolute atomic E-state index is 0.0492. The molecule has 5 heteroatoms. The van der Waals surface area contributed by atoms with Crippen LogP contribution in [0.5, 0.6) is 0 Å². The number of hydrogen-bond donors (Lipinski definition) is 0. The zero-order valence-corrected chi connectivity index (χ0v) is 35.3. The highest BCUT2D eigenvalue weighted by molar-refractivity contribution is 7.16. The molecule has 5 aliphatic rings. The zero-order valence-electron chi connectivity index (χ0n) is 34.3. The minimum atomic E-state index is -2.13. The van der Waals surface area contributed by atoms with E-state index in [-0.39, 0.29) is 17.7 Å². The molecule has 0 bridgehead atoms. The molecular formula is C54H46BN3Si. The fraction of sp³-hybridized carbons (Fsp3) is 0.185. The third-order valence-corrected chi connectivity index (χ3v) is 19.3. The lowest BCUT2D eigenvalue weighted by Crippen LogP contribution is -2.79. The quantitative estimate of drug-likeness (QED) is 0.166. The first-order valence-corrected chi connectivity index (χ1v) is 24.7. The number of hydrogen-bond acceptors (Lipinski definition) is 3. The van der Waals surface area contributed by atoms with Gasteiger partial charge in [0, 0.05) is 50.9 Å². The molecule has 3 nitrogen and oxygen atoms in total. The molecule has 59 heavy (non-hydrogen) atoms. The minimum Gasteiger partial charge on any atom is -0.334 e. The van der Waals surface area contributed by atoms with Crippen molar-refractivity contribution in [3.05, 3.63) is 163 Å². The lowest BCUT2D eigenvalue weighted by Gasteiger charge is -2.52. The van der Waals surface area contributed by atoms with Crippen molar-refractivity contribution in [2.75, 3.05) is 14.7 Å². The maximum absolute atomic E-state index is 2.78. The Balaban J connectivity index is 1.17. The fourth-order valence-electron chi connectivity index (χ4n) is 12.7. The highest BCUT2D eigenvalue weighted by Crippen LogP contribution is 2.61. The Labute approximate surface area is 348 Å². The van der Waals surface area contributed by atoms with Crippen molar-refractivity contribution in [1.29, 1.82) is 0 Å². The van der Waals surface area contributed by atoms with Crippen molar-refractivity contribution in [3.63, 3.8) is 0 Å². The first-order chi connectivity index (χ1) is 28.8. The molecule has 2 unspecified atom stereocenters. The maximum atomic E-state index is 2.78. The van der Waals surface area contributed by atoms with E-state index in [1.807, 2.05) is 0 Å². The van der Waals surface area contributed by atoms with Crippen LogP contribution in [0.15, 0.2) is 158 Å². The molecule has 4 aliphatic heterocycles. The Morgan fingerprint density at radius 1 is 0.458 bits per heavy atom. The van der Waals surface area contributed by atoms with Gasteiger partial charge in [-0.25, -0.2) is 0 Å². The number of anilines is 8. The second kappa shape index (κ2) is 11.6. The van der Waals surface area contributed by atoms with Crippen LogP contribution in [0.4, 0.5) is 45.5 Å². The molecule has 1 aliphatic carbocycles. The standard InChI is InChI=1S/C54H46BN3Si/c1-53-29-11-12-30-54(53,2)58(43-20-10-9-19-42(43)53)41-33-46-50-47(34-41)57(40-28-26-36-16-6-8-18-38(36)32-40)45-22-14-24-49-52(45)55(50)51-44(21-13-23-48(51)59(49,3)4)56(46)39-27-25-35-15-5-7-17-37(35)31-39/h5-10,13-28,31-34H,11-12,29-30H2,1-4H3. The highest BCUT2D eigenvalue weighted by Gasteiger charge is 2.58. The average Bonchev–Trinajstić information content (AvgIpc) is 3.48. The first-order valence-electron chi connectivity index (χ1n) is 21.7. The van der Waals surface area contributed by atoms with Crippen LogP contribution in [0.3, 0.4) is 0 Å². The molecule has 1 saturated carbocycles. The third-order valence-electron chi connectivity index (χ3n) is 15.7. The summed E-state index contributed by atoms with van der Waals surface area (Å²) in [5.74, 6) is 0. The van der Waals surface area contributed by atoms with Gasteiger partial charge in [0.1, 0.15) is 8.07 Å². The van der Waals surface area contributed by atoms with Gasteiger partial charge in [-0.3, -0.25) is 0 Å². The summed E-state index contributed by atoms with van der Waals surface area (Å²) in [5.41, 5.74) is 16.2. The molecule has 0 spiro atoms. The summed E-state index contributed by atoms with van der Waals surface area (Å²) in [6.45, 7) is 10.4. The SMILES string of the molecule is CC12CCCCC1(C)N(c1cc3c4c(c1)N(c1ccc5ccccc5c1)c1cccc5c1B4c1c(cccc1[Si]5(C)C)N3c1ccc3ccccc3c1)c1ccccc12. The number of benzene rings is 8. The molecule has 0 amide bonds. The van der Waals surface area contributed by atoms with Crippen LogP contribution in [0.1, 0.15) is 45.1 Å². The average molecular weight is 776 g/mol. The monoisotopic (exact) mass is 775 g/mol. The van der Waals surface area contributed by atoms with Crippen molar-refractivity contribution in [2.45, 2.75) is 63.6 Å². The van der Waals surface area contributed by atoms with Gasteiger partial charge in [-0.1, -0.05) is 146 Å². The van der Waals surface area contributed by atoms with Gasteiger partial charge < -0.3 is 14.7 Å². The van der Waals surface area contributed by atoms with Gasteiger partial charge in [-0.05, 0) is 118 Å². The molecule has 13 rings (SSSR count). The van der Waals surface area contributed by atoms with Crippen molar-refractivity contribution in [3.8, 4) is 0 Å². The van der Waals surface area contributed by atoms with Crippen molar-refractivity contribution < 1.29 is 0 Å². The second-order valence-electron chi connectivity index (χ2n) is 18.8. The summed E-state index contributed by atoms with van der Waals surface area (Å²) in [4.78, 5) is 8.08. The van der Waals surface area contributed by atoms with Gasteiger partial charge in [0.25, 0.3) is 6.71 Å². The van der Waals surface area contributed by atoms with E-state index in [4.69, 9.17) is 0 Å². The van der Waals surface area contributed by atoms with Crippen molar-refractivity contribution in [2.24, 2.45) is 0 Å². The maximum Gasteiger partial charge on any atom is 0.251 e. The molecule has 284 valence electrons. The number of nitrogens with zero attached hydrogens (tertiary/aromatic N) is 3. The van der Waals surface area contributed by atoms with Crippen LogP contribution in [-0.4, -0.2) is 20.3 Å². The highest BCUT2D eigenvalue weighted by atomic mass is 28.3. The predicted molar refractivity (Wildman–Crippen MR) is 255 cm³/mol. The van der Waals surface area contributed by atoms with Crippen LogP contribution < -0.4 is 41.5 Å². The Morgan fingerprint density at radius 3 is 1.56 bits per heavy atom. The fourth-order valence-corrected chi connectivity index (χ4v) is 15.9. The van der Waals surface area contributed by atoms with Crippen LogP contribution in [0.25, 0.3) is 21.5 Å². The number of para-hydroxylation sites is 1. The molecule has 4 heterocycles. The van der Waals surface area contributed by atoms with Gasteiger partial charge in [-0.2, -0.15) is 0 Å². The van der Waals surface area contributed by atoms with E-state index in [1.54, 1.807) is 10.4 Å². The molecule has 0 saturated heterocycles. The molecule has 8 aromatic carbocycles. The normalized spacial score (nSPS) is 21.4. The molecule has 8 aromatic rings. The summed E-state index contributed by atoms with van der Waals surface area (Å²) in [6, 6.07) is 60.9. The smallest absolute Gasteiger partial charge is 0.251 e. The summed E-state index contributed by atoms with van der Waals surface area (Å²) in [6.07, 6.45) is 4.88. The Hall–Kier alpha value is -6.04. The van der Waals surface area contributed by atoms with E-state index >= 15 is 0 Å². The summed E-state index contributed by atoms with van der Waals surface area (Å²) in [7, 11) is -2.13. The largest absolute Gasteiger partial charge is 0.334 e. The third kappa shape index (κ3) is 4.24. The van der Waals surface area contributed by atoms with Crippen LogP contribution in [0, 0.1) is 0 Å². The van der Waals surface area contributed by atoms with E-state index < -0.39 is 8.07 Å². The molecule has 0 N–H and O–H groups in total. The Bertz CT molecular complexity index is 2970. The number of fused-ring (bicyclic) bond motifs is 5.